The third-order valence-electron chi connectivity index (χ3n) is 5.60. The molecule has 0 bridgehead atoms. The first-order chi connectivity index (χ1) is 13.9. The highest BCUT2D eigenvalue weighted by Gasteiger charge is 2.35. The molecule has 0 aromatic heterocycles. The largest absolute Gasteiger partial charge is 0.338 e. The lowest BCUT2D eigenvalue weighted by Crippen LogP contribution is -2.30. The fourth-order valence-corrected chi connectivity index (χ4v) is 4.05. The number of nitrogens with one attached hydrogen (secondary N) is 1. The molecule has 29 heavy (non-hydrogen) atoms. The zero-order chi connectivity index (χ0) is 21.0. The van der Waals surface area contributed by atoms with E-state index < -0.39 is 0 Å². The third-order valence-corrected chi connectivity index (χ3v) is 5.60. The van der Waals surface area contributed by atoms with Crippen molar-refractivity contribution in [2.24, 2.45) is 17.6 Å². The van der Waals surface area contributed by atoms with Crippen molar-refractivity contribution in [3.8, 4) is 0 Å². The van der Waals surface area contributed by atoms with Crippen molar-refractivity contribution in [3.63, 3.8) is 0 Å². The van der Waals surface area contributed by atoms with Crippen molar-refractivity contribution in [2.75, 3.05) is 25.0 Å². The van der Waals surface area contributed by atoms with Gasteiger partial charge in [0.2, 0.25) is 5.91 Å². The lowest BCUT2D eigenvalue weighted by molar-refractivity contribution is -0.116. The predicted octanol–water partition coefficient (Wildman–Crippen LogP) is 3.79. The van der Waals surface area contributed by atoms with Crippen LogP contribution in [0.1, 0.15) is 47.7 Å². The van der Waals surface area contributed by atoms with Crippen LogP contribution in [0.15, 0.2) is 48.5 Å². The molecule has 154 valence electrons. The molecule has 5 nitrogen and oxygen atoms in total. The number of carbonyl (C=O) groups excluding carboxylic acids is 2. The van der Waals surface area contributed by atoms with Crippen LogP contribution in [-0.4, -0.2) is 36.3 Å². The van der Waals surface area contributed by atoms with Crippen molar-refractivity contribution in [3.05, 3.63) is 65.2 Å². The Hall–Kier alpha value is -2.66. The van der Waals surface area contributed by atoms with Crippen molar-refractivity contribution < 1.29 is 9.59 Å². The molecular formula is C24H31N3O2. The lowest BCUT2D eigenvalue weighted by atomic mass is 9.89. The van der Waals surface area contributed by atoms with Gasteiger partial charge in [0.05, 0.1) is 0 Å². The maximum absolute atomic E-state index is 13.1. The number of hydrogen-bond acceptors (Lipinski definition) is 3. The Morgan fingerprint density at radius 3 is 2.48 bits per heavy atom. The number of aryl methyl sites for hydroxylation is 1. The first kappa shape index (κ1) is 21.1. The first-order valence-corrected chi connectivity index (χ1v) is 10.3. The molecule has 0 saturated carbocycles. The minimum Gasteiger partial charge on any atom is -0.338 e. The van der Waals surface area contributed by atoms with Gasteiger partial charge < -0.3 is 16.0 Å². The maximum atomic E-state index is 13.1. The highest BCUT2D eigenvalue weighted by atomic mass is 16.2. The van der Waals surface area contributed by atoms with E-state index in [9.17, 15) is 9.59 Å². The van der Waals surface area contributed by atoms with Crippen LogP contribution in [0, 0.1) is 18.8 Å². The van der Waals surface area contributed by atoms with E-state index in [4.69, 9.17) is 5.73 Å². The fraction of sp³-hybridized carbons (Fsp3) is 0.417. The Bertz CT molecular complexity index is 864. The number of amides is 2. The monoisotopic (exact) mass is 393 g/mol. The smallest absolute Gasteiger partial charge is 0.253 e. The number of carbonyl (C=O) groups is 2. The Balaban J connectivity index is 1.72. The number of nitrogens with two attached hydrogens (primary N) is 1. The number of rotatable bonds is 6. The summed E-state index contributed by atoms with van der Waals surface area (Å²) >= 11 is 0. The molecule has 1 aliphatic heterocycles. The minimum atomic E-state index is -0.00166. The Labute approximate surface area is 173 Å². The zero-order valence-electron chi connectivity index (χ0n) is 17.5. The van der Waals surface area contributed by atoms with Gasteiger partial charge in [-0.15, -0.1) is 0 Å². The molecule has 1 saturated heterocycles. The summed E-state index contributed by atoms with van der Waals surface area (Å²) in [5.41, 5.74) is 9.54. The van der Waals surface area contributed by atoms with Gasteiger partial charge in [0.1, 0.15) is 0 Å². The van der Waals surface area contributed by atoms with Gasteiger partial charge in [0.15, 0.2) is 0 Å². The van der Waals surface area contributed by atoms with E-state index in [1.807, 2.05) is 56.0 Å². The summed E-state index contributed by atoms with van der Waals surface area (Å²) in [6.07, 6.45) is 0.481. The Morgan fingerprint density at radius 2 is 1.86 bits per heavy atom. The third kappa shape index (κ3) is 5.04. The molecular weight excluding hydrogens is 362 g/mol. The molecule has 3 rings (SSSR count). The van der Waals surface area contributed by atoms with Crippen LogP contribution >= 0.6 is 0 Å². The zero-order valence-corrected chi connectivity index (χ0v) is 17.5. The molecule has 0 spiro atoms. The lowest BCUT2D eigenvalue weighted by Gasteiger charge is -2.18. The summed E-state index contributed by atoms with van der Waals surface area (Å²) in [6.45, 7) is 7.85. The van der Waals surface area contributed by atoms with Crippen LogP contribution in [0.2, 0.25) is 0 Å². The number of benzene rings is 2. The van der Waals surface area contributed by atoms with Crippen molar-refractivity contribution in [1.82, 2.24) is 4.90 Å². The number of nitrogens with zero attached hydrogens (tertiary/aromatic N) is 1. The maximum Gasteiger partial charge on any atom is 0.253 e. The topological polar surface area (TPSA) is 75.4 Å². The van der Waals surface area contributed by atoms with Gasteiger partial charge in [-0.05, 0) is 54.6 Å². The summed E-state index contributed by atoms with van der Waals surface area (Å²) in [5, 5.41) is 2.94. The average molecular weight is 394 g/mol. The normalized spacial score (nSPS) is 18.9. The molecule has 1 heterocycles. The van der Waals surface area contributed by atoms with E-state index in [-0.39, 0.29) is 23.7 Å². The van der Waals surface area contributed by atoms with Gasteiger partial charge in [-0.25, -0.2) is 0 Å². The molecule has 5 heteroatoms. The number of likely N-dealkylation sites (tertiary alicyclic amines) is 1. The van der Waals surface area contributed by atoms with E-state index in [1.54, 1.807) is 6.07 Å². The molecule has 2 aromatic carbocycles. The fourth-order valence-electron chi connectivity index (χ4n) is 4.05. The van der Waals surface area contributed by atoms with E-state index in [0.29, 0.717) is 37.5 Å². The highest BCUT2D eigenvalue weighted by Crippen LogP contribution is 2.33. The van der Waals surface area contributed by atoms with Crippen molar-refractivity contribution in [2.45, 2.75) is 33.1 Å². The van der Waals surface area contributed by atoms with E-state index >= 15 is 0 Å². The van der Waals surface area contributed by atoms with E-state index in [2.05, 4.69) is 17.4 Å². The van der Waals surface area contributed by atoms with Crippen LogP contribution in [0.4, 0.5) is 5.69 Å². The quantitative estimate of drug-likeness (QED) is 0.784. The molecule has 1 aliphatic rings. The molecule has 0 radical (unpaired) electrons. The minimum absolute atomic E-state index is 0.00166. The Kier molecular flexibility index (Phi) is 6.70. The average Bonchev–Trinajstić information content (AvgIpc) is 3.13. The van der Waals surface area contributed by atoms with E-state index in [0.717, 1.165) is 11.3 Å². The predicted molar refractivity (Wildman–Crippen MR) is 117 cm³/mol. The molecule has 2 atom stereocenters. The highest BCUT2D eigenvalue weighted by molar-refractivity contribution is 5.96. The van der Waals surface area contributed by atoms with Crippen LogP contribution in [-0.2, 0) is 4.79 Å². The summed E-state index contributed by atoms with van der Waals surface area (Å²) in [5.74, 6) is 0.848. The van der Waals surface area contributed by atoms with Crippen LogP contribution < -0.4 is 11.1 Å². The molecule has 0 unspecified atom stereocenters. The SMILES string of the molecule is Cc1cc(C(=O)N2C[C@@H](CN)[C@H](c3ccccc3)C2)ccc1NC(=O)CC(C)C. The summed E-state index contributed by atoms with van der Waals surface area (Å²) < 4.78 is 0. The molecule has 2 aromatic rings. The van der Waals surface area contributed by atoms with Gasteiger partial charge in [-0.3, -0.25) is 9.59 Å². The first-order valence-electron chi connectivity index (χ1n) is 10.3. The molecule has 1 fully saturated rings. The van der Waals surface area contributed by atoms with Crippen molar-refractivity contribution in [1.29, 1.82) is 0 Å². The van der Waals surface area contributed by atoms with Gasteiger partial charge in [-0.1, -0.05) is 44.2 Å². The summed E-state index contributed by atoms with van der Waals surface area (Å²) in [6, 6.07) is 15.8. The van der Waals surface area contributed by atoms with Crippen LogP contribution in [0.3, 0.4) is 0 Å². The second-order valence-electron chi connectivity index (χ2n) is 8.40. The summed E-state index contributed by atoms with van der Waals surface area (Å²) in [4.78, 5) is 27.1. The molecule has 2 amide bonds. The van der Waals surface area contributed by atoms with Gasteiger partial charge in [0, 0.05) is 36.7 Å². The second kappa shape index (κ2) is 9.23. The van der Waals surface area contributed by atoms with E-state index in [1.165, 1.54) is 5.56 Å². The number of anilines is 1. The molecule has 0 aliphatic carbocycles. The standard InChI is InChI=1S/C24H31N3O2/c1-16(2)11-23(28)26-22-10-9-19(12-17(22)3)24(29)27-14-20(13-25)21(15-27)18-7-5-4-6-8-18/h4-10,12,16,20-21H,11,13-15,25H2,1-3H3,(H,26,28)/t20-,21+/m1/s1. The van der Waals surface area contributed by atoms with Gasteiger partial charge in [-0.2, -0.15) is 0 Å². The van der Waals surface area contributed by atoms with Gasteiger partial charge in [0.25, 0.3) is 5.91 Å². The van der Waals surface area contributed by atoms with Crippen LogP contribution in [0.5, 0.6) is 0 Å². The summed E-state index contributed by atoms with van der Waals surface area (Å²) in [7, 11) is 0. The Morgan fingerprint density at radius 1 is 1.14 bits per heavy atom. The molecule has 3 N–H and O–H groups in total. The second-order valence-corrected chi connectivity index (χ2v) is 8.40. The van der Waals surface area contributed by atoms with Crippen molar-refractivity contribution >= 4 is 17.5 Å². The number of hydrogen-bond donors (Lipinski definition) is 2. The van der Waals surface area contributed by atoms with Crippen LogP contribution in [0.25, 0.3) is 0 Å². The van der Waals surface area contributed by atoms with Gasteiger partial charge >= 0.3 is 0 Å².